The van der Waals surface area contributed by atoms with Crippen molar-refractivity contribution in [2.24, 2.45) is 5.92 Å². The number of fused-ring (bicyclic) bond motifs is 4. The van der Waals surface area contributed by atoms with Crippen molar-refractivity contribution in [1.82, 2.24) is 5.32 Å². The summed E-state index contributed by atoms with van der Waals surface area (Å²) < 4.78 is 22.8. The second kappa shape index (κ2) is 11.6. The van der Waals surface area contributed by atoms with E-state index in [1.165, 1.54) is 0 Å². The molecule has 2 aromatic carbocycles. The number of rotatable bonds is 7. The first-order valence-corrected chi connectivity index (χ1v) is 13.1. The number of hydrogen-bond acceptors (Lipinski definition) is 7. The Morgan fingerprint density at radius 3 is 2.41 bits per heavy atom. The number of carbonyl (C=O) groups is 3. The van der Waals surface area contributed by atoms with Gasteiger partial charge in [-0.05, 0) is 44.5 Å². The molecule has 9 nitrogen and oxygen atoms in total. The van der Waals surface area contributed by atoms with Crippen LogP contribution in [0.1, 0.15) is 55.6 Å². The number of hydrogen-bond donors (Lipinski definition) is 1. The van der Waals surface area contributed by atoms with E-state index in [2.05, 4.69) is 5.32 Å². The third-order valence-electron chi connectivity index (χ3n) is 7.51. The number of alkyl carbamates (subject to hydrolysis) is 1. The number of esters is 1. The van der Waals surface area contributed by atoms with E-state index in [0.29, 0.717) is 40.2 Å². The van der Waals surface area contributed by atoms with Crippen molar-refractivity contribution in [2.75, 3.05) is 33.0 Å². The van der Waals surface area contributed by atoms with E-state index in [4.69, 9.17) is 18.9 Å². The highest BCUT2D eigenvalue weighted by atomic mass is 79.9. The number of nitrogens with zero attached hydrogens (tertiary/aromatic N) is 1. The third kappa shape index (κ3) is 6.73. The van der Waals surface area contributed by atoms with Crippen molar-refractivity contribution in [2.45, 2.75) is 51.4 Å². The predicted molar refractivity (Wildman–Crippen MR) is 138 cm³/mol. The Hall–Kier alpha value is -3.11. The van der Waals surface area contributed by atoms with Gasteiger partial charge >= 0.3 is 12.1 Å². The van der Waals surface area contributed by atoms with Gasteiger partial charge < -0.3 is 45.7 Å². The van der Waals surface area contributed by atoms with Crippen LogP contribution in [0, 0.1) is 5.92 Å². The van der Waals surface area contributed by atoms with Gasteiger partial charge in [0.1, 0.15) is 18.7 Å². The average molecular weight is 604 g/mol. The summed E-state index contributed by atoms with van der Waals surface area (Å²) in [6.07, 6.45) is 0.736. The van der Waals surface area contributed by atoms with Crippen LogP contribution in [0.5, 0.6) is 11.5 Å². The number of nitrogens with one attached hydrogen (secondary N) is 1. The maximum atomic E-state index is 13.5. The van der Waals surface area contributed by atoms with Gasteiger partial charge in [-0.25, -0.2) is 9.59 Å². The van der Waals surface area contributed by atoms with Crippen LogP contribution in [0.4, 0.5) is 4.79 Å². The Morgan fingerprint density at radius 2 is 1.72 bits per heavy atom. The summed E-state index contributed by atoms with van der Waals surface area (Å²) in [5.41, 5.74) is 0.506. The van der Waals surface area contributed by atoms with Gasteiger partial charge in [-0.2, -0.15) is 0 Å². The number of ketones is 1. The van der Waals surface area contributed by atoms with Gasteiger partial charge in [0.25, 0.3) is 0 Å². The molecule has 4 aliphatic heterocycles. The number of piperidine rings is 3. The lowest BCUT2D eigenvalue weighted by Crippen LogP contribution is -3.00. The van der Waals surface area contributed by atoms with Gasteiger partial charge in [0, 0.05) is 24.3 Å². The Bertz CT molecular complexity index is 1210. The van der Waals surface area contributed by atoms with E-state index in [0.717, 1.165) is 25.9 Å². The number of amides is 1. The summed E-state index contributed by atoms with van der Waals surface area (Å²) in [6.45, 7) is 8.10. The van der Waals surface area contributed by atoms with Crippen molar-refractivity contribution >= 4 is 17.8 Å². The van der Waals surface area contributed by atoms with E-state index in [-0.39, 0.29) is 41.6 Å². The zero-order chi connectivity index (χ0) is 26.9. The fraction of sp³-hybridized carbons (Fsp3) is 0.483. The molecule has 210 valence electrons. The maximum absolute atomic E-state index is 13.5. The summed E-state index contributed by atoms with van der Waals surface area (Å²) >= 11 is 0. The van der Waals surface area contributed by atoms with Crippen LogP contribution in [-0.2, 0) is 14.3 Å². The monoisotopic (exact) mass is 602 g/mol. The van der Waals surface area contributed by atoms with Crippen LogP contribution in [0.15, 0.2) is 48.5 Å². The molecule has 0 saturated carbocycles. The second-order valence-electron chi connectivity index (χ2n) is 11.4. The average Bonchev–Trinajstić information content (AvgIpc) is 3.35. The molecule has 1 amide bonds. The summed E-state index contributed by atoms with van der Waals surface area (Å²) in [7, 11) is 0. The van der Waals surface area contributed by atoms with E-state index < -0.39 is 23.7 Å². The molecule has 0 aromatic heterocycles. The van der Waals surface area contributed by atoms with Crippen molar-refractivity contribution < 1.29 is 54.8 Å². The van der Waals surface area contributed by atoms with Crippen LogP contribution in [0.3, 0.4) is 0 Å². The molecule has 39 heavy (non-hydrogen) atoms. The second-order valence-corrected chi connectivity index (χ2v) is 11.4. The number of halogens is 1. The lowest BCUT2D eigenvalue weighted by molar-refractivity contribution is -0.938. The van der Waals surface area contributed by atoms with E-state index in [1.54, 1.807) is 51.1 Å². The summed E-state index contributed by atoms with van der Waals surface area (Å²) in [6, 6.07) is 13.3. The molecule has 6 rings (SSSR count). The molecule has 0 aliphatic carbocycles. The highest BCUT2D eigenvalue weighted by Gasteiger charge is 2.49. The number of Topliss-reactive ketones (excluding diaryl/α,β-unsaturated/α-hetero) is 1. The topological polar surface area (TPSA) is 100 Å². The van der Waals surface area contributed by atoms with Crippen molar-refractivity contribution in [3.8, 4) is 11.5 Å². The molecule has 3 saturated heterocycles. The summed E-state index contributed by atoms with van der Waals surface area (Å²) in [5.74, 6) is 0.970. The van der Waals surface area contributed by atoms with Crippen molar-refractivity contribution in [3.05, 3.63) is 59.7 Å². The minimum atomic E-state index is -0.995. The molecule has 2 atom stereocenters. The fourth-order valence-electron chi connectivity index (χ4n) is 5.61. The minimum absolute atomic E-state index is 0. The van der Waals surface area contributed by atoms with Gasteiger partial charge in [-0.1, -0.05) is 30.3 Å². The molecular weight excluding hydrogens is 568 g/mol. The van der Waals surface area contributed by atoms with Crippen LogP contribution < -0.4 is 31.8 Å². The van der Waals surface area contributed by atoms with Crippen LogP contribution in [-0.4, -0.2) is 67.0 Å². The van der Waals surface area contributed by atoms with Crippen LogP contribution in [0.25, 0.3) is 0 Å². The molecule has 0 radical (unpaired) electrons. The van der Waals surface area contributed by atoms with Gasteiger partial charge in [0.2, 0.25) is 12.6 Å². The highest BCUT2D eigenvalue weighted by molar-refractivity contribution is 5.97. The number of ether oxygens (including phenoxy) is 4. The first-order chi connectivity index (χ1) is 18.1. The zero-order valence-corrected chi connectivity index (χ0v) is 24.1. The molecular formula is C29H35BrN2O7. The lowest BCUT2D eigenvalue weighted by Gasteiger charge is -2.51. The van der Waals surface area contributed by atoms with E-state index in [9.17, 15) is 14.4 Å². The normalized spacial score (nSPS) is 23.8. The predicted octanol–water partition coefficient (Wildman–Crippen LogP) is 1.02. The van der Waals surface area contributed by atoms with E-state index >= 15 is 0 Å². The van der Waals surface area contributed by atoms with Crippen molar-refractivity contribution in [1.29, 1.82) is 0 Å². The van der Waals surface area contributed by atoms with Crippen LogP contribution in [0.2, 0.25) is 0 Å². The molecule has 1 N–H and O–H groups in total. The first kappa shape index (κ1) is 28.9. The zero-order valence-electron chi connectivity index (χ0n) is 22.5. The molecule has 3 fully saturated rings. The Labute approximate surface area is 239 Å². The number of quaternary nitrogens is 1. The maximum Gasteiger partial charge on any atom is 0.408 e. The third-order valence-corrected chi connectivity index (χ3v) is 7.51. The minimum Gasteiger partial charge on any atom is -1.00 e. The van der Waals surface area contributed by atoms with E-state index in [1.807, 2.05) is 18.2 Å². The van der Waals surface area contributed by atoms with Gasteiger partial charge in [-0.15, -0.1) is 0 Å². The fourth-order valence-corrected chi connectivity index (χ4v) is 5.61. The summed E-state index contributed by atoms with van der Waals surface area (Å²) in [5, 5.41) is 2.69. The Balaban J connectivity index is 0.00000353. The standard InChI is InChI=1S/C29H34N2O7.BrH/c1-29(2,3)38-28(34)30-26(20-7-5-4-6-8-20)27(33)37-25-17-31(13-11-19(25)12-14-31)16-22(32)21-9-10-23-24(15-21)36-18-35-23;/h4-10,15,19,25-26H,11-14,16-18H2,1-3H3;1H/t19?,25-,26?,31?;/m0./s1. The number of carbonyl (C=O) groups excluding carboxylic acids is 3. The number of benzene rings is 2. The SMILES string of the molecule is CC(C)(C)OC(=O)NC(C(=O)O[C@H]1C[N+]2(CC(=O)c3ccc4c(c3)OCO4)CCC1CC2)c1ccccc1.[Br-]. The molecule has 4 aliphatic rings. The largest absolute Gasteiger partial charge is 1.00 e. The highest BCUT2D eigenvalue weighted by Crippen LogP contribution is 2.37. The molecule has 2 bridgehead atoms. The molecule has 0 spiro atoms. The molecule has 10 heteroatoms. The Kier molecular flexibility index (Phi) is 8.56. The Morgan fingerprint density at radius 1 is 1.03 bits per heavy atom. The first-order valence-electron chi connectivity index (χ1n) is 13.1. The van der Waals surface area contributed by atoms with Crippen molar-refractivity contribution in [3.63, 3.8) is 0 Å². The molecule has 4 heterocycles. The summed E-state index contributed by atoms with van der Waals surface area (Å²) in [4.78, 5) is 39.3. The quantitative estimate of drug-likeness (QED) is 0.287. The van der Waals surface area contributed by atoms with Gasteiger partial charge in [0.15, 0.2) is 23.6 Å². The van der Waals surface area contributed by atoms with Gasteiger partial charge in [-0.3, -0.25) is 4.79 Å². The van der Waals surface area contributed by atoms with Gasteiger partial charge in [0.05, 0.1) is 13.1 Å². The van der Waals surface area contributed by atoms with Crippen LogP contribution >= 0.6 is 0 Å². The lowest BCUT2D eigenvalue weighted by atomic mass is 9.82. The molecule has 1 unspecified atom stereocenters. The smallest absolute Gasteiger partial charge is 0.408 e. The molecule has 2 aromatic rings.